The van der Waals surface area contributed by atoms with E-state index in [4.69, 9.17) is 9.15 Å². The second-order valence-corrected chi connectivity index (χ2v) is 8.67. The summed E-state index contributed by atoms with van der Waals surface area (Å²) in [6.07, 6.45) is 9.20. The lowest BCUT2D eigenvalue weighted by molar-refractivity contribution is -0.127. The minimum Gasteiger partial charge on any atom is -0.459 e. The normalized spacial score (nSPS) is 25.5. The number of likely N-dealkylation sites (tertiary alicyclic amines) is 1. The maximum Gasteiger partial charge on any atom is 0.289 e. The van der Waals surface area contributed by atoms with E-state index < -0.39 is 0 Å². The molecule has 0 spiro atoms. The van der Waals surface area contributed by atoms with E-state index >= 15 is 0 Å². The second kappa shape index (κ2) is 9.30. The third kappa shape index (κ3) is 4.67. The van der Waals surface area contributed by atoms with Crippen LogP contribution in [0.3, 0.4) is 0 Å². The third-order valence-electron chi connectivity index (χ3n) is 6.87. The van der Waals surface area contributed by atoms with Crippen molar-refractivity contribution in [1.29, 1.82) is 0 Å². The number of carbonyl (C=O) groups is 2. The Kier molecular flexibility index (Phi) is 6.55. The van der Waals surface area contributed by atoms with Crippen LogP contribution >= 0.6 is 0 Å². The van der Waals surface area contributed by atoms with Crippen LogP contribution < -0.4 is 5.32 Å². The number of hydrogen-bond donors (Lipinski definition) is 1. The molecule has 2 aliphatic heterocycles. The molecule has 1 aromatic heterocycles. The van der Waals surface area contributed by atoms with Crippen molar-refractivity contribution < 1.29 is 18.7 Å². The van der Waals surface area contributed by atoms with Crippen molar-refractivity contribution in [3.63, 3.8) is 0 Å². The molecule has 2 saturated heterocycles. The van der Waals surface area contributed by atoms with Gasteiger partial charge in [0.1, 0.15) is 0 Å². The lowest BCUT2D eigenvalue weighted by atomic mass is 9.79. The van der Waals surface area contributed by atoms with Crippen molar-refractivity contribution in [2.75, 3.05) is 45.9 Å². The molecule has 29 heavy (non-hydrogen) atoms. The van der Waals surface area contributed by atoms with Gasteiger partial charge in [-0.25, -0.2) is 0 Å². The number of hydrogen-bond acceptors (Lipinski definition) is 5. The molecule has 1 aromatic rings. The maximum atomic E-state index is 13.0. The lowest BCUT2D eigenvalue weighted by Gasteiger charge is -2.48. The van der Waals surface area contributed by atoms with Crippen LogP contribution in [0.4, 0.5) is 0 Å². The van der Waals surface area contributed by atoms with Crippen molar-refractivity contribution >= 4 is 11.8 Å². The zero-order valence-electron chi connectivity index (χ0n) is 17.2. The van der Waals surface area contributed by atoms with Gasteiger partial charge in [-0.3, -0.25) is 14.5 Å². The Morgan fingerprint density at radius 1 is 1.10 bits per heavy atom. The van der Waals surface area contributed by atoms with Gasteiger partial charge in [0.05, 0.1) is 25.4 Å². The molecular weight excluding hydrogens is 370 g/mol. The largest absolute Gasteiger partial charge is 0.459 e. The highest BCUT2D eigenvalue weighted by Crippen LogP contribution is 2.34. The number of nitrogens with zero attached hydrogens (tertiary/aromatic N) is 2. The number of ether oxygens (including phenoxy) is 1. The highest BCUT2D eigenvalue weighted by molar-refractivity contribution is 5.92. The van der Waals surface area contributed by atoms with Crippen molar-refractivity contribution in [2.45, 2.75) is 50.5 Å². The SMILES string of the molecule is O=C(NCC1(N2CCOCC2)CCCCC1)C1CCCN(C(=O)c2ccco2)C1. The number of nitrogens with one attached hydrogen (secondary N) is 1. The van der Waals surface area contributed by atoms with Crippen LogP contribution in [-0.4, -0.2) is 73.1 Å². The van der Waals surface area contributed by atoms with Gasteiger partial charge in [-0.15, -0.1) is 0 Å². The number of furan rings is 1. The monoisotopic (exact) mass is 403 g/mol. The summed E-state index contributed by atoms with van der Waals surface area (Å²) >= 11 is 0. The van der Waals surface area contributed by atoms with E-state index in [0.717, 1.165) is 52.0 Å². The number of piperidine rings is 1. The standard InChI is InChI=1S/C22H33N3O4/c26-20(18-6-4-10-24(16-18)21(27)19-7-5-13-29-19)23-17-22(8-2-1-3-9-22)25-11-14-28-15-12-25/h5,7,13,18H,1-4,6,8-12,14-17H2,(H,23,26). The predicted molar refractivity (Wildman–Crippen MR) is 109 cm³/mol. The fourth-order valence-electron chi connectivity index (χ4n) is 5.18. The van der Waals surface area contributed by atoms with Crippen molar-refractivity contribution in [3.05, 3.63) is 24.2 Å². The highest BCUT2D eigenvalue weighted by atomic mass is 16.5. The maximum absolute atomic E-state index is 13.0. The summed E-state index contributed by atoms with van der Waals surface area (Å²) in [4.78, 5) is 29.9. The Morgan fingerprint density at radius 3 is 2.62 bits per heavy atom. The topological polar surface area (TPSA) is 75.0 Å². The Bertz CT molecular complexity index is 678. The lowest BCUT2D eigenvalue weighted by Crippen LogP contribution is -2.60. The van der Waals surface area contributed by atoms with Gasteiger partial charge in [0, 0.05) is 38.3 Å². The molecule has 1 N–H and O–H groups in total. The van der Waals surface area contributed by atoms with E-state index in [1.165, 1.54) is 25.5 Å². The summed E-state index contributed by atoms with van der Waals surface area (Å²) in [5.41, 5.74) is 0.0655. The number of morpholine rings is 1. The molecule has 4 rings (SSSR count). The molecule has 1 aliphatic carbocycles. The van der Waals surface area contributed by atoms with Gasteiger partial charge in [0.2, 0.25) is 5.91 Å². The van der Waals surface area contributed by atoms with Gasteiger partial charge in [-0.2, -0.15) is 0 Å². The number of rotatable bonds is 5. The zero-order chi connectivity index (χ0) is 20.1. The van der Waals surface area contributed by atoms with Gasteiger partial charge < -0.3 is 19.4 Å². The highest BCUT2D eigenvalue weighted by Gasteiger charge is 2.39. The molecule has 0 radical (unpaired) electrons. The first-order valence-corrected chi connectivity index (χ1v) is 11.1. The van der Waals surface area contributed by atoms with E-state index in [9.17, 15) is 9.59 Å². The fourth-order valence-corrected chi connectivity index (χ4v) is 5.18. The van der Waals surface area contributed by atoms with Crippen LogP contribution in [0, 0.1) is 5.92 Å². The average molecular weight is 404 g/mol. The molecular formula is C22H33N3O4. The Morgan fingerprint density at radius 2 is 1.90 bits per heavy atom. The van der Waals surface area contributed by atoms with E-state index in [2.05, 4.69) is 10.2 Å². The minimum atomic E-state index is -0.145. The molecule has 1 saturated carbocycles. The van der Waals surface area contributed by atoms with E-state index in [1.54, 1.807) is 17.0 Å². The summed E-state index contributed by atoms with van der Waals surface area (Å²) in [5.74, 6) is 0.164. The number of carbonyl (C=O) groups excluding carboxylic acids is 2. The molecule has 3 heterocycles. The van der Waals surface area contributed by atoms with Crippen molar-refractivity contribution in [1.82, 2.24) is 15.1 Å². The first-order chi connectivity index (χ1) is 14.2. The van der Waals surface area contributed by atoms with Gasteiger partial charge in [-0.1, -0.05) is 19.3 Å². The van der Waals surface area contributed by atoms with Crippen LogP contribution in [-0.2, 0) is 9.53 Å². The molecule has 3 aliphatic rings. The predicted octanol–water partition coefficient (Wildman–Crippen LogP) is 2.28. The minimum absolute atomic E-state index is 0.0655. The molecule has 3 fully saturated rings. The molecule has 0 bridgehead atoms. The molecule has 2 amide bonds. The first-order valence-electron chi connectivity index (χ1n) is 11.1. The second-order valence-electron chi connectivity index (χ2n) is 8.67. The summed E-state index contributed by atoms with van der Waals surface area (Å²) in [5, 5.41) is 3.27. The van der Waals surface area contributed by atoms with Crippen LogP contribution in [0.5, 0.6) is 0 Å². The van der Waals surface area contributed by atoms with Crippen LogP contribution in [0.2, 0.25) is 0 Å². The van der Waals surface area contributed by atoms with Crippen LogP contribution in [0.1, 0.15) is 55.5 Å². The van der Waals surface area contributed by atoms with Gasteiger partial charge in [-0.05, 0) is 37.8 Å². The summed E-state index contributed by atoms with van der Waals surface area (Å²) in [7, 11) is 0. The molecule has 1 unspecified atom stereocenters. The summed E-state index contributed by atoms with van der Waals surface area (Å²) < 4.78 is 10.8. The Labute approximate surface area is 172 Å². The molecule has 7 nitrogen and oxygen atoms in total. The molecule has 1 atom stereocenters. The van der Waals surface area contributed by atoms with Gasteiger partial charge in [0.15, 0.2) is 5.76 Å². The zero-order valence-corrected chi connectivity index (χ0v) is 17.2. The average Bonchev–Trinajstić information content (AvgIpc) is 3.33. The number of amides is 2. The Hall–Kier alpha value is -1.86. The van der Waals surface area contributed by atoms with E-state index in [0.29, 0.717) is 25.4 Å². The van der Waals surface area contributed by atoms with Crippen LogP contribution in [0.15, 0.2) is 22.8 Å². The summed E-state index contributed by atoms with van der Waals surface area (Å²) in [6, 6.07) is 3.40. The third-order valence-corrected chi connectivity index (χ3v) is 6.87. The van der Waals surface area contributed by atoms with Gasteiger partial charge in [0.25, 0.3) is 5.91 Å². The Balaban J connectivity index is 1.35. The van der Waals surface area contributed by atoms with Crippen molar-refractivity contribution in [3.8, 4) is 0 Å². The fraction of sp³-hybridized carbons (Fsp3) is 0.727. The van der Waals surface area contributed by atoms with E-state index in [1.807, 2.05) is 0 Å². The summed E-state index contributed by atoms with van der Waals surface area (Å²) in [6.45, 7) is 5.31. The first kappa shape index (κ1) is 20.4. The quantitative estimate of drug-likeness (QED) is 0.816. The smallest absolute Gasteiger partial charge is 0.289 e. The van der Waals surface area contributed by atoms with Crippen molar-refractivity contribution in [2.24, 2.45) is 5.92 Å². The van der Waals surface area contributed by atoms with Gasteiger partial charge >= 0.3 is 0 Å². The van der Waals surface area contributed by atoms with Crippen LogP contribution in [0.25, 0.3) is 0 Å². The molecule has 160 valence electrons. The molecule has 0 aromatic carbocycles. The van der Waals surface area contributed by atoms with E-state index in [-0.39, 0.29) is 23.3 Å². The molecule has 7 heteroatoms.